The maximum Gasteiger partial charge on any atom is 0.183 e. The van der Waals surface area contributed by atoms with Crippen LogP contribution >= 0.6 is 46.0 Å². The molecule has 4 rings (SSSR count). The fourth-order valence-electron chi connectivity index (χ4n) is 2.24. The number of hydrogen-bond acceptors (Lipinski definition) is 6. The van der Waals surface area contributed by atoms with Gasteiger partial charge in [-0.2, -0.15) is 0 Å². The van der Waals surface area contributed by atoms with Crippen LogP contribution in [0.25, 0.3) is 10.2 Å². The van der Waals surface area contributed by atoms with Crippen LogP contribution in [-0.2, 0) is 6.54 Å². The summed E-state index contributed by atoms with van der Waals surface area (Å²) in [5, 5.41) is 3.46. The molecule has 2 heterocycles. The molecule has 0 saturated carbocycles. The van der Waals surface area contributed by atoms with Crippen molar-refractivity contribution in [2.24, 2.45) is 0 Å². The average molecular weight is 390 g/mol. The Hall–Kier alpha value is -1.60. The lowest BCUT2D eigenvalue weighted by Gasteiger charge is -2.09. The van der Waals surface area contributed by atoms with E-state index in [1.165, 1.54) is 16.0 Å². The molecule has 24 heavy (non-hydrogen) atoms. The first-order valence-corrected chi connectivity index (χ1v) is 10.1. The molecule has 7 heteroatoms. The Morgan fingerprint density at radius 2 is 1.88 bits per heavy atom. The highest BCUT2D eigenvalue weighted by Crippen LogP contribution is 2.37. The van der Waals surface area contributed by atoms with Crippen molar-refractivity contribution in [2.75, 3.05) is 5.32 Å². The molecule has 0 amide bonds. The van der Waals surface area contributed by atoms with Gasteiger partial charge in [-0.05, 0) is 24.3 Å². The average Bonchev–Trinajstić information content (AvgIpc) is 3.19. The van der Waals surface area contributed by atoms with E-state index < -0.39 is 0 Å². The van der Waals surface area contributed by atoms with Gasteiger partial charge in [0.1, 0.15) is 0 Å². The number of nitrogens with one attached hydrogen (secondary N) is 1. The van der Waals surface area contributed by atoms with Crippen LogP contribution in [-0.4, -0.2) is 9.97 Å². The van der Waals surface area contributed by atoms with Gasteiger partial charge in [0.25, 0.3) is 0 Å². The van der Waals surface area contributed by atoms with E-state index in [2.05, 4.69) is 28.5 Å². The van der Waals surface area contributed by atoms with E-state index in [9.17, 15) is 0 Å². The number of para-hydroxylation sites is 2. The Balaban J connectivity index is 1.54. The van der Waals surface area contributed by atoms with Crippen LogP contribution in [0.15, 0.2) is 64.0 Å². The molecule has 1 N–H and O–H groups in total. The van der Waals surface area contributed by atoms with Gasteiger partial charge in [-0.3, -0.25) is 0 Å². The van der Waals surface area contributed by atoms with E-state index in [1.807, 2.05) is 36.5 Å². The second-order valence-corrected chi connectivity index (χ2v) is 9.00. The summed E-state index contributed by atoms with van der Waals surface area (Å²) >= 11 is 10.8. The van der Waals surface area contributed by atoms with Crippen molar-refractivity contribution in [3.05, 3.63) is 64.1 Å². The molecule has 0 radical (unpaired) electrons. The number of fused-ring (bicyclic) bond motifs is 1. The maximum atomic E-state index is 5.89. The van der Waals surface area contributed by atoms with Crippen LogP contribution in [0.1, 0.15) is 4.88 Å². The van der Waals surface area contributed by atoms with E-state index in [0.29, 0.717) is 11.0 Å². The Labute approximate surface area is 156 Å². The first kappa shape index (κ1) is 15.9. The zero-order valence-electron chi connectivity index (χ0n) is 12.4. The quantitative estimate of drug-likeness (QED) is 0.443. The zero-order valence-corrected chi connectivity index (χ0v) is 15.6. The molecule has 2 aromatic carbocycles. The number of aromatic nitrogens is 2. The Bertz CT molecular complexity index is 947. The Morgan fingerprint density at radius 1 is 1.04 bits per heavy atom. The molecule has 0 saturated heterocycles. The maximum absolute atomic E-state index is 5.89. The topological polar surface area (TPSA) is 37.8 Å². The minimum absolute atomic E-state index is 0.573. The Kier molecular flexibility index (Phi) is 4.71. The fraction of sp³-hybridized carbons (Fsp3) is 0.0588. The molecule has 0 atom stereocenters. The lowest BCUT2D eigenvalue weighted by atomic mass is 10.3. The summed E-state index contributed by atoms with van der Waals surface area (Å²) in [4.78, 5) is 11.0. The van der Waals surface area contributed by atoms with E-state index in [-0.39, 0.29) is 0 Å². The van der Waals surface area contributed by atoms with Crippen LogP contribution in [0, 0.1) is 0 Å². The molecule has 0 aliphatic heterocycles. The van der Waals surface area contributed by atoms with Gasteiger partial charge in [0.2, 0.25) is 0 Å². The fourth-order valence-corrected chi connectivity index (χ4v) is 5.29. The molecule has 120 valence electrons. The molecule has 0 spiro atoms. The number of anilines is 1. The third-order valence-electron chi connectivity index (χ3n) is 3.34. The lowest BCUT2D eigenvalue weighted by Crippen LogP contribution is -1.98. The number of hydrogen-bond donors (Lipinski definition) is 1. The normalized spacial score (nSPS) is 11.0. The van der Waals surface area contributed by atoms with Crippen molar-refractivity contribution >= 4 is 61.9 Å². The molecule has 0 bridgehead atoms. The highest BCUT2D eigenvalue weighted by atomic mass is 35.5. The van der Waals surface area contributed by atoms with Crippen LogP contribution in [0.5, 0.6) is 0 Å². The number of rotatable bonds is 5. The van der Waals surface area contributed by atoms with Gasteiger partial charge in [-0.15, -0.1) is 22.7 Å². The second kappa shape index (κ2) is 7.11. The second-order valence-electron chi connectivity index (χ2n) is 4.98. The number of thiazole rings is 2. The molecule has 4 aromatic rings. The first-order valence-electron chi connectivity index (χ1n) is 7.24. The molecule has 0 aliphatic rings. The minimum Gasteiger partial charge on any atom is -0.379 e. The standard InChI is InChI=1S/C17H12ClN3S3/c18-16-20-10-11(22-16)9-19-12-5-1-3-7-14(12)23-17-21-13-6-2-4-8-15(13)24-17/h1-8,10,19H,9H2. The summed E-state index contributed by atoms with van der Waals surface area (Å²) in [6.45, 7) is 0.710. The molecule has 0 unspecified atom stereocenters. The smallest absolute Gasteiger partial charge is 0.183 e. The summed E-state index contributed by atoms with van der Waals surface area (Å²) < 4.78 is 2.83. The third kappa shape index (κ3) is 3.57. The molecule has 0 aliphatic carbocycles. The van der Waals surface area contributed by atoms with Gasteiger partial charge in [0.15, 0.2) is 8.81 Å². The van der Waals surface area contributed by atoms with Gasteiger partial charge in [-0.1, -0.05) is 47.6 Å². The first-order chi connectivity index (χ1) is 11.8. The van der Waals surface area contributed by atoms with Crippen molar-refractivity contribution in [3.63, 3.8) is 0 Å². The van der Waals surface area contributed by atoms with Crippen molar-refractivity contribution in [2.45, 2.75) is 15.8 Å². The Morgan fingerprint density at radius 3 is 2.71 bits per heavy atom. The van der Waals surface area contributed by atoms with Crippen molar-refractivity contribution in [1.82, 2.24) is 9.97 Å². The van der Waals surface area contributed by atoms with Crippen LogP contribution in [0.2, 0.25) is 4.47 Å². The van der Waals surface area contributed by atoms with Crippen LogP contribution in [0.3, 0.4) is 0 Å². The molecular weight excluding hydrogens is 378 g/mol. The summed E-state index contributed by atoms with van der Waals surface area (Å²) in [5.41, 5.74) is 2.14. The third-order valence-corrected chi connectivity index (χ3v) is 6.62. The van der Waals surface area contributed by atoms with Crippen molar-refractivity contribution in [3.8, 4) is 0 Å². The number of benzene rings is 2. The van der Waals surface area contributed by atoms with E-state index in [1.54, 1.807) is 23.1 Å². The monoisotopic (exact) mass is 389 g/mol. The predicted molar refractivity (Wildman–Crippen MR) is 105 cm³/mol. The number of nitrogens with zero attached hydrogens (tertiary/aromatic N) is 2. The van der Waals surface area contributed by atoms with E-state index >= 15 is 0 Å². The van der Waals surface area contributed by atoms with Gasteiger partial charge >= 0.3 is 0 Å². The molecule has 2 aromatic heterocycles. The summed E-state index contributed by atoms with van der Waals surface area (Å²) in [6.07, 6.45) is 1.81. The molecule has 3 nitrogen and oxygen atoms in total. The zero-order chi connectivity index (χ0) is 16.4. The minimum atomic E-state index is 0.573. The summed E-state index contributed by atoms with van der Waals surface area (Å²) in [5.74, 6) is 0. The van der Waals surface area contributed by atoms with Crippen LogP contribution in [0.4, 0.5) is 5.69 Å². The van der Waals surface area contributed by atoms with E-state index in [4.69, 9.17) is 16.6 Å². The number of halogens is 1. The van der Waals surface area contributed by atoms with Gasteiger partial charge in [-0.25, -0.2) is 9.97 Å². The van der Waals surface area contributed by atoms with Crippen molar-refractivity contribution in [1.29, 1.82) is 0 Å². The largest absolute Gasteiger partial charge is 0.379 e. The van der Waals surface area contributed by atoms with Gasteiger partial charge in [0, 0.05) is 21.7 Å². The highest BCUT2D eigenvalue weighted by molar-refractivity contribution is 8.01. The lowest BCUT2D eigenvalue weighted by molar-refractivity contribution is 1.15. The van der Waals surface area contributed by atoms with Gasteiger partial charge < -0.3 is 5.32 Å². The summed E-state index contributed by atoms with van der Waals surface area (Å²) in [6, 6.07) is 16.5. The molecular formula is C17H12ClN3S3. The predicted octanol–water partition coefficient (Wildman–Crippen LogP) is 6.17. The highest BCUT2D eigenvalue weighted by Gasteiger charge is 2.09. The van der Waals surface area contributed by atoms with Gasteiger partial charge in [0.05, 0.1) is 16.8 Å². The summed E-state index contributed by atoms with van der Waals surface area (Å²) in [7, 11) is 0. The van der Waals surface area contributed by atoms with Crippen LogP contribution < -0.4 is 5.32 Å². The SMILES string of the molecule is Clc1ncc(CNc2ccccc2Sc2nc3ccccc3s2)s1. The van der Waals surface area contributed by atoms with Crippen molar-refractivity contribution < 1.29 is 0 Å². The molecule has 0 fully saturated rings. The van der Waals surface area contributed by atoms with E-state index in [0.717, 1.165) is 25.3 Å².